The Hall–Kier alpha value is -0.413. The van der Waals surface area contributed by atoms with E-state index in [1.165, 1.54) is 21.3 Å². The maximum absolute atomic E-state index is 8.93. The van der Waals surface area contributed by atoms with Crippen LogP contribution in [0.4, 0.5) is 0 Å². The van der Waals surface area contributed by atoms with E-state index in [-0.39, 0.29) is 5.54 Å². The fourth-order valence-electron chi connectivity index (χ4n) is 1.29. The maximum Gasteiger partial charge on any atom is 0.518 e. The summed E-state index contributed by atoms with van der Waals surface area (Å²) in [6, 6.07) is 2.18. The largest absolute Gasteiger partial charge is 0.518 e. The fraction of sp³-hybridized carbons (Fsp3) is 0.875. The third-order valence-electron chi connectivity index (χ3n) is 2.01. The smallest absolute Gasteiger partial charge is 0.376 e. The topological polar surface area (TPSA) is 51.5 Å². The normalized spacial score (nSPS) is 13.8. The Morgan fingerprint density at radius 3 is 1.92 bits per heavy atom. The Labute approximate surface area is 80.8 Å². The van der Waals surface area contributed by atoms with Crippen LogP contribution >= 0.6 is 0 Å². The van der Waals surface area contributed by atoms with Crippen LogP contribution in [-0.4, -0.2) is 30.1 Å². The van der Waals surface area contributed by atoms with Gasteiger partial charge in [0.25, 0.3) is 0 Å². The average molecular weight is 203 g/mol. The average Bonchev–Trinajstić information content (AvgIpc) is 2.19. The Balaban J connectivity index is 4.57. The molecule has 4 nitrogen and oxygen atoms in total. The number of nitriles is 1. The van der Waals surface area contributed by atoms with Crippen LogP contribution in [0.5, 0.6) is 0 Å². The highest BCUT2D eigenvalue weighted by Crippen LogP contribution is 2.27. The summed E-state index contributed by atoms with van der Waals surface area (Å²) in [7, 11) is 1.85. The molecule has 0 aliphatic carbocycles. The van der Waals surface area contributed by atoms with Crippen molar-refractivity contribution in [3.8, 4) is 6.07 Å². The highest BCUT2D eigenvalue weighted by atomic mass is 28.4. The van der Waals surface area contributed by atoms with Crippen molar-refractivity contribution >= 4 is 8.80 Å². The third-order valence-corrected chi connectivity index (χ3v) is 4.99. The van der Waals surface area contributed by atoms with E-state index in [1.54, 1.807) is 0 Å². The zero-order valence-corrected chi connectivity index (χ0v) is 9.66. The number of nitrogens with zero attached hydrogens (tertiary/aromatic N) is 1. The van der Waals surface area contributed by atoms with Crippen molar-refractivity contribution in [2.75, 3.05) is 21.3 Å². The van der Waals surface area contributed by atoms with E-state index in [4.69, 9.17) is 18.5 Å². The molecule has 0 fully saturated rings. The molecule has 1 atom stereocenters. The zero-order chi connectivity index (χ0) is 10.3. The lowest BCUT2D eigenvalue weighted by Crippen LogP contribution is -2.47. The number of hydrogen-bond donors (Lipinski definition) is 0. The van der Waals surface area contributed by atoms with Gasteiger partial charge in [0.05, 0.1) is 6.07 Å². The van der Waals surface area contributed by atoms with E-state index in [9.17, 15) is 0 Å². The number of rotatable bonds is 6. The van der Waals surface area contributed by atoms with Crippen molar-refractivity contribution in [1.29, 1.82) is 5.26 Å². The van der Waals surface area contributed by atoms with Gasteiger partial charge in [-0.25, -0.2) is 0 Å². The van der Waals surface area contributed by atoms with Gasteiger partial charge in [0, 0.05) is 21.3 Å². The van der Waals surface area contributed by atoms with Crippen molar-refractivity contribution < 1.29 is 13.3 Å². The van der Waals surface area contributed by atoms with Gasteiger partial charge in [-0.05, 0) is 6.42 Å². The molecule has 0 aromatic rings. The molecule has 0 rings (SSSR count). The van der Waals surface area contributed by atoms with Crippen molar-refractivity contribution in [3.63, 3.8) is 0 Å². The Kier molecular flexibility index (Phi) is 5.91. The van der Waals surface area contributed by atoms with E-state index in [2.05, 4.69) is 6.07 Å². The molecule has 0 bridgehead atoms. The van der Waals surface area contributed by atoms with Crippen LogP contribution in [0.15, 0.2) is 0 Å². The van der Waals surface area contributed by atoms with Gasteiger partial charge in [0.2, 0.25) is 0 Å². The quantitative estimate of drug-likeness (QED) is 0.615. The summed E-state index contributed by atoms with van der Waals surface area (Å²) in [6.07, 6.45) is 1.67. The second-order valence-electron chi connectivity index (χ2n) is 2.69. The molecule has 5 heteroatoms. The van der Waals surface area contributed by atoms with Crippen LogP contribution in [0.2, 0.25) is 5.54 Å². The summed E-state index contributed by atoms with van der Waals surface area (Å²) in [5.74, 6) is 0. The van der Waals surface area contributed by atoms with E-state index < -0.39 is 8.80 Å². The van der Waals surface area contributed by atoms with E-state index in [1.807, 2.05) is 6.92 Å². The lowest BCUT2D eigenvalue weighted by molar-refractivity contribution is 0.116. The second-order valence-corrected chi connectivity index (χ2v) is 5.82. The molecule has 0 aliphatic heterocycles. The minimum absolute atomic E-state index is 0.266. The van der Waals surface area contributed by atoms with Crippen molar-refractivity contribution in [3.05, 3.63) is 0 Å². The molecule has 0 amide bonds. The van der Waals surface area contributed by atoms with Gasteiger partial charge >= 0.3 is 8.80 Å². The first-order valence-corrected chi connectivity index (χ1v) is 6.06. The molecule has 0 aromatic carbocycles. The summed E-state index contributed by atoms with van der Waals surface area (Å²) in [4.78, 5) is 0. The Bertz CT molecular complexity index is 168. The molecule has 0 heterocycles. The van der Waals surface area contributed by atoms with E-state index in [0.717, 1.165) is 12.8 Å². The summed E-state index contributed by atoms with van der Waals surface area (Å²) in [6.45, 7) is 2.02. The summed E-state index contributed by atoms with van der Waals surface area (Å²) in [5, 5.41) is 8.93. The molecule has 0 radical (unpaired) electrons. The van der Waals surface area contributed by atoms with Crippen molar-refractivity contribution in [2.24, 2.45) is 0 Å². The highest BCUT2D eigenvalue weighted by Gasteiger charge is 2.47. The molecular formula is C8H17NO3Si. The first kappa shape index (κ1) is 12.6. The van der Waals surface area contributed by atoms with E-state index >= 15 is 0 Å². The molecule has 0 aliphatic rings. The van der Waals surface area contributed by atoms with Gasteiger partial charge in [-0.15, -0.1) is 0 Å². The molecule has 13 heavy (non-hydrogen) atoms. The van der Waals surface area contributed by atoms with E-state index in [0.29, 0.717) is 0 Å². The van der Waals surface area contributed by atoms with Gasteiger partial charge in [0.15, 0.2) is 0 Å². The molecule has 0 aromatic heterocycles. The second kappa shape index (κ2) is 6.10. The van der Waals surface area contributed by atoms with Crippen LogP contribution in [0, 0.1) is 11.3 Å². The highest BCUT2D eigenvalue weighted by molar-refractivity contribution is 6.63. The zero-order valence-electron chi connectivity index (χ0n) is 8.66. The molecule has 0 saturated carbocycles. The van der Waals surface area contributed by atoms with Crippen LogP contribution < -0.4 is 0 Å². The molecule has 0 saturated heterocycles. The summed E-state index contributed by atoms with van der Waals surface area (Å²) in [5.41, 5.74) is -0.266. The lowest BCUT2D eigenvalue weighted by Gasteiger charge is -2.27. The van der Waals surface area contributed by atoms with Gasteiger partial charge in [-0.1, -0.05) is 13.3 Å². The predicted octanol–water partition coefficient (Wildman–Crippen LogP) is 1.56. The van der Waals surface area contributed by atoms with Crippen LogP contribution in [-0.2, 0) is 13.3 Å². The van der Waals surface area contributed by atoms with Crippen LogP contribution in [0.3, 0.4) is 0 Å². The first-order chi connectivity index (χ1) is 6.20. The molecule has 0 spiro atoms. The van der Waals surface area contributed by atoms with Crippen LogP contribution in [0.1, 0.15) is 19.8 Å². The van der Waals surface area contributed by atoms with Gasteiger partial charge < -0.3 is 13.3 Å². The minimum Gasteiger partial charge on any atom is -0.376 e. The number of hydrogen-bond acceptors (Lipinski definition) is 4. The van der Waals surface area contributed by atoms with Crippen molar-refractivity contribution in [2.45, 2.75) is 25.3 Å². The molecule has 0 N–H and O–H groups in total. The molecule has 76 valence electrons. The predicted molar refractivity (Wildman–Crippen MR) is 51.1 cm³/mol. The fourth-order valence-corrected chi connectivity index (χ4v) is 3.44. The Morgan fingerprint density at radius 2 is 1.69 bits per heavy atom. The maximum atomic E-state index is 8.93. The van der Waals surface area contributed by atoms with Crippen LogP contribution in [0.25, 0.3) is 0 Å². The Morgan fingerprint density at radius 1 is 1.23 bits per heavy atom. The molecular weight excluding hydrogens is 186 g/mol. The molecule has 1 unspecified atom stereocenters. The lowest BCUT2D eigenvalue weighted by atomic mass is 10.3. The summed E-state index contributed by atoms with van der Waals surface area (Å²) >= 11 is 0. The minimum atomic E-state index is -2.73. The summed E-state index contributed by atoms with van der Waals surface area (Å²) < 4.78 is 15.6. The van der Waals surface area contributed by atoms with Crippen molar-refractivity contribution in [1.82, 2.24) is 0 Å². The first-order valence-electron chi connectivity index (χ1n) is 4.25. The van der Waals surface area contributed by atoms with Gasteiger partial charge in [-0.2, -0.15) is 5.26 Å². The van der Waals surface area contributed by atoms with Gasteiger partial charge in [-0.3, -0.25) is 0 Å². The SMILES string of the molecule is CCCC(C#N)[Si](OC)(OC)OC. The third kappa shape index (κ3) is 2.78. The standard InChI is InChI=1S/C8H17NO3Si/c1-5-6-8(7-9)13(10-2,11-3)12-4/h8H,5-6H2,1-4H3. The monoisotopic (exact) mass is 203 g/mol. The van der Waals surface area contributed by atoms with Gasteiger partial charge in [0.1, 0.15) is 5.54 Å².